The van der Waals surface area contributed by atoms with Gasteiger partial charge in [-0.25, -0.2) is 9.78 Å². The first kappa shape index (κ1) is 15.0. The van der Waals surface area contributed by atoms with Crippen LogP contribution in [0.5, 0.6) is 0 Å². The third-order valence-corrected chi connectivity index (χ3v) is 3.44. The Labute approximate surface area is 129 Å². The monoisotopic (exact) mass is 317 g/mol. The molecule has 0 radical (unpaired) electrons. The molecule has 0 atom stereocenters. The topological polar surface area (TPSA) is 50.2 Å². The Kier molecular flexibility index (Phi) is 3.52. The van der Waals surface area contributed by atoms with E-state index in [1.807, 2.05) is 0 Å². The third-order valence-electron chi connectivity index (χ3n) is 3.44. The highest BCUT2D eigenvalue weighted by molar-refractivity contribution is 6.04. The number of carboxylic acid groups (broad SMARTS) is 1. The molecule has 1 heterocycles. The third kappa shape index (κ3) is 2.75. The minimum absolute atomic E-state index is 0.0352. The van der Waals surface area contributed by atoms with Crippen molar-refractivity contribution in [1.29, 1.82) is 0 Å². The highest BCUT2D eigenvalue weighted by atomic mass is 19.4. The standard InChI is InChI=1S/C17H10F3NO2/c18-17(19,20)13-8-4-7-11-12(16(22)23)9-14(21-15(11)13)10-5-2-1-3-6-10/h1-9H,(H,22,23). The molecule has 116 valence electrons. The summed E-state index contributed by atoms with van der Waals surface area (Å²) < 4.78 is 39.6. The predicted octanol–water partition coefficient (Wildman–Crippen LogP) is 4.62. The van der Waals surface area contributed by atoms with Crippen molar-refractivity contribution in [3.8, 4) is 11.3 Å². The Morgan fingerprint density at radius 3 is 2.30 bits per heavy atom. The summed E-state index contributed by atoms with van der Waals surface area (Å²) in [5.41, 5.74) is -0.782. The largest absolute Gasteiger partial charge is 0.478 e. The highest BCUT2D eigenvalue weighted by Crippen LogP contribution is 2.36. The van der Waals surface area contributed by atoms with Gasteiger partial charge in [0.15, 0.2) is 0 Å². The number of carbonyl (C=O) groups is 1. The van der Waals surface area contributed by atoms with Gasteiger partial charge < -0.3 is 5.11 Å². The number of aromatic carboxylic acids is 1. The smallest absolute Gasteiger partial charge is 0.418 e. The van der Waals surface area contributed by atoms with Crippen LogP contribution in [-0.2, 0) is 6.18 Å². The molecule has 1 aromatic heterocycles. The van der Waals surface area contributed by atoms with Crippen molar-refractivity contribution >= 4 is 16.9 Å². The average molecular weight is 317 g/mol. The Morgan fingerprint density at radius 1 is 1.00 bits per heavy atom. The molecule has 0 fully saturated rings. The number of alkyl halides is 3. The summed E-state index contributed by atoms with van der Waals surface area (Å²) in [5.74, 6) is -1.30. The summed E-state index contributed by atoms with van der Waals surface area (Å²) in [5, 5.41) is 9.30. The molecule has 0 bridgehead atoms. The highest BCUT2D eigenvalue weighted by Gasteiger charge is 2.34. The second-order valence-electron chi connectivity index (χ2n) is 4.93. The van der Waals surface area contributed by atoms with Crippen LogP contribution >= 0.6 is 0 Å². The van der Waals surface area contributed by atoms with E-state index in [9.17, 15) is 23.1 Å². The fourth-order valence-electron chi connectivity index (χ4n) is 2.41. The van der Waals surface area contributed by atoms with Crippen molar-refractivity contribution in [1.82, 2.24) is 4.98 Å². The molecular weight excluding hydrogens is 307 g/mol. The van der Waals surface area contributed by atoms with Gasteiger partial charge in [-0.3, -0.25) is 0 Å². The fourth-order valence-corrected chi connectivity index (χ4v) is 2.41. The van der Waals surface area contributed by atoms with Gasteiger partial charge in [-0.2, -0.15) is 13.2 Å². The number of benzene rings is 2. The molecule has 6 heteroatoms. The van der Waals surface area contributed by atoms with Crippen LogP contribution in [-0.4, -0.2) is 16.1 Å². The van der Waals surface area contributed by atoms with Gasteiger partial charge in [-0.15, -0.1) is 0 Å². The van der Waals surface area contributed by atoms with Crippen LogP contribution < -0.4 is 0 Å². The number of rotatable bonds is 2. The molecule has 0 aliphatic carbocycles. The van der Waals surface area contributed by atoms with Crippen molar-refractivity contribution in [2.45, 2.75) is 6.18 Å². The maximum absolute atomic E-state index is 13.2. The Bertz CT molecular complexity index is 889. The zero-order valence-electron chi connectivity index (χ0n) is 11.6. The van der Waals surface area contributed by atoms with E-state index in [0.29, 0.717) is 5.56 Å². The molecule has 0 unspecified atom stereocenters. The molecule has 1 N–H and O–H groups in total. The normalized spacial score (nSPS) is 11.6. The van der Waals surface area contributed by atoms with Crippen LogP contribution in [0.25, 0.3) is 22.2 Å². The SMILES string of the molecule is O=C(O)c1cc(-c2ccccc2)nc2c(C(F)(F)F)cccc12. The molecule has 3 nitrogen and oxygen atoms in total. The maximum Gasteiger partial charge on any atom is 0.418 e. The van der Waals surface area contributed by atoms with Crippen molar-refractivity contribution in [3.63, 3.8) is 0 Å². The summed E-state index contributed by atoms with van der Waals surface area (Å²) in [6.45, 7) is 0. The second kappa shape index (κ2) is 5.39. The minimum Gasteiger partial charge on any atom is -0.478 e. The quantitative estimate of drug-likeness (QED) is 0.750. The van der Waals surface area contributed by atoms with E-state index in [0.717, 1.165) is 6.07 Å². The average Bonchev–Trinajstić information content (AvgIpc) is 2.53. The molecule has 0 spiro atoms. The molecule has 0 saturated heterocycles. The number of nitrogens with zero attached hydrogens (tertiary/aromatic N) is 1. The zero-order valence-corrected chi connectivity index (χ0v) is 11.6. The number of hydrogen-bond acceptors (Lipinski definition) is 2. The number of aromatic nitrogens is 1. The van der Waals surface area contributed by atoms with E-state index >= 15 is 0 Å². The maximum atomic E-state index is 13.2. The van der Waals surface area contributed by atoms with Gasteiger partial charge in [-0.1, -0.05) is 42.5 Å². The molecule has 0 aliphatic heterocycles. The summed E-state index contributed by atoms with van der Waals surface area (Å²) in [7, 11) is 0. The van der Waals surface area contributed by atoms with Crippen LogP contribution in [0.4, 0.5) is 13.2 Å². The lowest BCUT2D eigenvalue weighted by molar-refractivity contribution is -0.136. The van der Waals surface area contributed by atoms with E-state index in [2.05, 4.69) is 4.98 Å². The van der Waals surface area contributed by atoms with E-state index in [4.69, 9.17) is 0 Å². The summed E-state index contributed by atoms with van der Waals surface area (Å²) in [6, 6.07) is 13.2. The number of para-hydroxylation sites is 1. The molecule has 3 aromatic rings. The van der Waals surface area contributed by atoms with Crippen LogP contribution in [0.2, 0.25) is 0 Å². The van der Waals surface area contributed by atoms with E-state index in [1.165, 1.54) is 18.2 Å². The Hall–Kier alpha value is -2.89. The summed E-state index contributed by atoms with van der Waals surface area (Å²) in [6.07, 6.45) is -4.61. The van der Waals surface area contributed by atoms with Crippen LogP contribution in [0.3, 0.4) is 0 Å². The second-order valence-corrected chi connectivity index (χ2v) is 4.93. The summed E-state index contributed by atoms with van der Waals surface area (Å²) >= 11 is 0. The van der Waals surface area contributed by atoms with Crippen LogP contribution in [0.1, 0.15) is 15.9 Å². The van der Waals surface area contributed by atoms with Crippen LogP contribution in [0.15, 0.2) is 54.6 Å². The number of fused-ring (bicyclic) bond motifs is 1. The molecule has 0 aliphatic rings. The number of halogens is 3. The molecular formula is C17H10F3NO2. The number of hydrogen-bond donors (Lipinski definition) is 1. The fraction of sp³-hybridized carbons (Fsp3) is 0.0588. The summed E-state index contributed by atoms with van der Waals surface area (Å²) in [4.78, 5) is 15.5. The van der Waals surface area contributed by atoms with E-state index < -0.39 is 17.7 Å². The van der Waals surface area contributed by atoms with E-state index in [1.54, 1.807) is 30.3 Å². The van der Waals surface area contributed by atoms with Crippen LogP contribution in [0, 0.1) is 0 Å². The lowest BCUT2D eigenvalue weighted by atomic mass is 10.0. The molecule has 0 saturated carbocycles. The molecule has 0 amide bonds. The minimum atomic E-state index is -4.61. The zero-order chi connectivity index (χ0) is 16.6. The van der Waals surface area contributed by atoms with Gasteiger partial charge in [0.2, 0.25) is 0 Å². The number of carboxylic acids is 1. The Balaban J connectivity index is 2.39. The van der Waals surface area contributed by atoms with Gasteiger partial charge in [0.05, 0.1) is 22.3 Å². The predicted molar refractivity (Wildman–Crippen MR) is 79.1 cm³/mol. The van der Waals surface area contributed by atoms with Crippen molar-refractivity contribution in [2.75, 3.05) is 0 Å². The molecule has 2 aromatic carbocycles. The van der Waals surface area contributed by atoms with Gasteiger partial charge in [0.1, 0.15) is 0 Å². The lowest BCUT2D eigenvalue weighted by Gasteiger charge is -2.13. The van der Waals surface area contributed by atoms with Gasteiger partial charge in [-0.05, 0) is 12.1 Å². The number of pyridine rings is 1. The molecule has 3 rings (SSSR count). The van der Waals surface area contributed by atoms with Crippen molar-refractivity contribution < 1.29 is 23.1 Å². The molecule has 23 heavy (non-hydrogen) atoms. The Morgan fingerprint density at radius 2 is 1.70 bits per heavy atom. The van der Waals surface area contributed by atoms with Crippen molar-refractivity contribution in [2.24, 2.45) is 0 Å². The van der Waals surface area contributed by atoms with Crippen molar-refractivity contribution in [3.05, 3.63) is 65.7 Å². The first-order valence-corrected chi connectivity index (χ1v) is 6.67. The lowest BCUT2D eigenvalue weighted by Crippen LogP contribution is -2.09. The van der Waals surface area contributed by atoms with Gasteiger partial charge in [0, 0.05) is 10.9 Å². The van der Waals surface area contributed by atoms with Gasteiger partial charge >= 0.3 is 12.1 Å². The first-order chi connectivity index (χ1) is 10.9. The first-order valence-electron chi connectivity index (χ1n) is 6.67. The van der Waals surface area contributed by atoms with Gasteiger partial charge in [0.25, 0.3) is 0 Å². The van der Waals surface area contributed by atoms with E-state index in [-0.39, 0.29) is 22.2 Å².